The first kappa shape index (κ1) is 18.3. The SMILES string of the molecule is COC(=O)N1CC2=C(C1)CN(C(=O)c1cc(F)c(S(N)(=O)=O)cc1F)C2. The first-order chi connectivity index (χ1) is 12.1. The molecule has 0 saturated heterocycles. The van der Waals surface area contributed by atoms with Gasteiger partial charge in [0.1, 0.15) is 16.5 Å². The minimum Gasteiger partial charge on any atom is -0.453 e. The molecule has 3 rings (SSSR count). The third-order valence-electron chi connectivity index (χ3n) is 4.31. The Labute approximate surface area is 147 Å². The molecule has 26 heavy (non-hydrogen) atoms. The number of carbonyl (C=O) groups is 2. The molecule has 2 heterocycles. The fraction of sp³-hybridized carbons (Fsp3) is 0.333. The topological polar surface area (TPSA) is 110 Å². The van der Waals surface area contributed by atoms with Crippen molar-refractivity contribution in [2.75, 3.05) is 33.3 Å². The average molecular weight is 387 g/mol. The standard InChI is InChI=1S/C15H15F2N3O5S/c1-25-15(22)20-6-8-4-19(5-9(8)7-20)14(21)10-2-12(17)13(3-11(10)16)26(18,23)24/h2-3H,4-7H2,1H3,(H2,18,23,24). The van der Waals surface area contributed by atoms with Crippen LogP contribution in [0.4, 0.5) is 13.6 Å². The summed E-state index contributed by atoms with van der Waals surface area (Å²) in [6.45, 7) is 0.930. The van der Waals surface area contributed by atoms with Crippen molar-refractivity contribution < 1.29 is 31.5 Å². The van der Waals surface area contributed by atoms with E-state index in [4.69, 9.17) is 5.14 Å². The second-order valence-electron chi connectivity index (χ2n) is 6.00. The van der Waals surface area contributed by atoms with Crippen LogP contribution < -0.4 is 5.14 Å². The summed E-state index contributed by atoms with van der Waals surface area (Å²) in [5.41, 5.74) is 1.09. The molecular weight excluding hydrogens is 372 g/mol. The highest BCUT2D eigenvalue weighted by Gasteiger charge is 2.35. The van der Waals surface area contributed by atoms with Crippen LogP contribution in [-0.4, -0.2) is 63.5 Å². The third kappa shape index (κ3) is 3.15. The van der Waals surface area contributed by atoms with E-state index in [1.807, 2.05) is 0 Å². The number of benzene rings is 1. The lowest BCUT2D eigenvalue weighted by molar-refractivity contribution is 0.0784. The Kier molecular flexibility index (Phi) is 4.44. The van der Waals surface area contributed by atoms with Crippen molar-refractivity contribution in [2.45, 2.75) is 4.90 Å². The lowest BCUT2D eigenvalue weighted by Gasteiger charge is -2.22. The van der Waals surface area contributed by atoms with Crippen LogP contribution in [0, 0.1) is 11.6 Å². The third-order valence-corrected chi connectivity index (χ3v) is 5.23. The van der Waals surface area contributed by atoms with Gasteiger partial charge in [0.05, 0.1) is 12.7 Å². The maximum absolute atomic E-state index is 14.2. The summed E-state index contributed by atoms with van der Waals surface area (Å²) in [7, 11) is -3.18. The highest BCUT2D eigenvalue weighted by molar-refractivity contribution is 7.89. The smallest absolute Gasteiger partial charge is 0.410 e. The van der Waals surface area contributed by atoms with Crippen molar-refractivity contribution in [1.29, 1.82) is 0 Å². The van der Waals surface area contributed by atoms with Crippen molar-refractivity contribution in [2.24, 2.45) is 5.14 Å². The van der Waals surface area contributed by atoms with Crippen LogP contribution in [0.2, 0.25) is 0 Å². The Hall–Kier alpha value is -2.53. The second-order valence-corrected chi connectivity index (χ2v) is 7.53. The number of ether oxygens (including phenoxy) is 1. The van der Waals surface area contributed by atoms with Crippen LogP contribution in [-0.2, 0) is 14.8 Å². The van der Waals surface area contributed by atoms with Crippen LogP contribution >= 0.6 is 0 Å². The molecule has 0 aromatic heterocycles. The van der Waals surface area contributed by atoms with Crippen LogP contribution in [0.5, 0.6) is 0 Å². The lowest BCUT2D eigenvalue weighted by atomic mass is 10.1. The summed E-state index contributed by atoms with van der Waals surface area (Å²) in [5.74, 6) is -3.25. The van der Waals surface area contributed by atoms with Gasteiger partial charge in [0.25, 0.3) is 5.91 Å². The molecule has 0 radical (unpaired) electrons. The highest BCUT2D eigenvalue weighted by atomic mass is 32.2. The molecule has 2 N–H and O–H groups in total. The van der Waals surface area contributed by atoms with E-state index >= 15 is 0 Å². The quantitative estimate of drug-likeness (QED) is 0.741. The molecule has 0 spiro atoms. The van der Waals surface area contributed by atoms with Gasteiger partial charge in [-0.1, -0.05) is 0 Å². The van der Waals surface area contributed by atoms with E-state index < -0.39 is 44.1 Å². The van der Waals surface area contributed by atoms with Gasteiger partial charge in [-0.25, -0.2) is 27.1 Å². The molecule has 0 bridgehead atoms. The van der Waals surface area contributed by atoms with Crippen LogP contribution in [0.25, 0.3) is 0 Å². The summed E-state index contributed by atoms with van der Waals surface area (Å²) in [6.07, 6.45) is -0.482. The number of amides is 2. The zero-order valence-electron chi connectivity index (χ0n) is 13.7. The molecule has 1 aromatic rings. The van der Waals surface area contributed by atoms with Gasteiger partial charge in [-0.15, -0.1) is 0 Å². The average Bonchev–Trinajstić information content (AvgIpc) is 3.13. The minimum absolute atomic E-state index is 0.166. The molecule has 11 heteroatoms. The van der Waals surface area contributed by atoms with E-state index in [0.29, 0.717) is 25.2 Å². The Bertz CT molecular complexity index is 927. The normalized spacial score (nSPS) is 16.9. The number of sulfonamides is 1. The lowest BCUT2D eigenvalue weighted by Crippen LogP contribution is -2.36. The molecule has 2 aliphatic heterocycles. The second kappa shape index (κ2) is 6.32. The number of nitrogens with zero attached hydrogens (tertiary/aromatic N) is 2. The Morgan fingerprint density at radius 3 is 2.08 bits per heavy atom. The summed E-state index contributed by atoms with van der Waals surface area (Å²) >= 11 is 0. The molecule has 0 atom stereocenters. The van der Waals surface area contributed by atoms with Crippen molar-refractivity contribution in [1.82, 2.24) is 9.80 Å². The van der Waals surface area contributed by atoms with Crippen molar-refractivity contribution in [3.05, 3.63) is 40.5 Å². The maximum atomic E-state index is 14.2. The maximum Gasteiger partial charge on any atom is 0.410 e. The fourth-order valence-corrected chi connectivity index (χ4v) is 3.66. The van der Waals surface area contributed by atoms with E-state index in [1.54, 1.807) is 0 Å². The molecule has 1 aromatic carbocycles. The van der Waals surface area contributed by atoms with E-state index in [1.165, 1.54) is 16.9 Å². The van der Waals surface area contributed by atoms with Gasteiger partial charge >= 0.3 is 6.09 Å². The summed E-state index contributed by atoms with van der Waals surface area (Å²) in [6, 6.07) is 0.926. The number of halogens is 2. The van der Waals surface area contributed by atoms with Gasteiger partial charge in [-0.3, -0.25) is 4.79 Å². The summed E-state index contributed by atoms with van der Waals surface area (Å²) in [5, 5.41) is 4.81. The molecule has 8 nitrogen and oxygen atoms in total. The van der Waals surface area contributed by atoms with Crippen molar-refractivity contribution in [3.63, 3.8) is 0 Å². The fourth-order valence-electron chi connectivity index (χ4n) is 3.06. The predicted octanol–water partition coefficient (Wildman–Crippen LogP) is 0.447. The number of rotatable bonds is 2. The Morgan fingerprint density at radius 2 is 1.58 bits per heavy atom. The summed E-state index contributed by atoms with van der Waals surface area (Å²) < 4.78 is 55.1. The monoisotopic (exact) mass is 387 g/mol. The van der Waals surface area contributed by atoms with E-state index in [9.17, 15) is 26.8 Å². The zero-order chi connectivity index (χ0) is 19.2. The highest BCUT2D eigenvalue weighted by Crippen LogP contribution is 2.28. The predicted molar refractivity (Wildman–Crippen MR) is 84.6 cm³/mol. The number of carbonyl (C=O) groups excluding carboxylic acids is 2. The molecule has 0 saturated carbocycles. The number of hydrogen-bond acceptors (Lipinski definition) is 5. The van der Waals surface area contributed by atoms with Gasteiger partial charge in [0.15, 0.2) is 0 Å². The van der Waals surface area contributed by atoms with E-state index in [2.05, 4.69) is 4.74 Å². The van der Waals surface area contributed by atoms with Gasteiger partial charge in [-0.05, 0) is 23.3 Å². The molecule has 0 aliphatic carbocycles. The molecule has 2 aliphatic rings. The largest absolute Gasteiger partial charge is 0.453 e. The van der Waals surface area contributed by atoms with E-state index in [0.717, 1.165) is 11.1 Å². The molecule has 0 fully saturated rings. The number of methoxy groups -OCH3 is 1. The van der Waals surface area contributed by atoms with Gasteiger partial charge in [0, 0.05) is 26.2 Å². The van der Waals surface area contributed by atoms with Crippen molar-refractivity contribution in [3.8, 4) is 0 Å². The van der Waals surface area contributed by atoms with E-state index in [-0.39, 0.29) is 13.1 Å². The van der Waals surface area contributed by atoms with Crippen molar-refractivity contribution >= 4 is 22.0 Å². The number of nitrogens with two attached hydrogens (primary N) is 1. The number of primary sulfonamides is 1. The first-order valence-corrected chi connectivity index (χ1v) is 9.00. The van der Waals surface area contributed by atoms with Crippen LogP contribution in [0.3, 0.4) is 0 Å². The summed E-state index contributed by atoms with van der Waals surface area (Å²) in [4.78, 5) is 25.8. The molecule has 2 amide bonds. The molecule has 140 valence electrons. The Morgan fingerprint density at radius 1 is 1.04 bits per heavy atom. The van der Waals surface area contributed by atoms with Crippen LogP contribution in [0.1, 0.15) is 10.4 Å². The van der Waals surface area contributed by atoms with Gasteiger partial charge in [0.2, 0.25) is 10.0 Å². The first-order valence-electron chi connectivity index (χ1n) is 7.45. The molecular formula is C15H15F2N3O5S. The Balaban J connectivity index is 1.77. The number of hydrogen-bond donors (Lipinski definition) is 1. The van der Waals surface area contributed by atoms with Gasteiger partial charge in [-0.2, -0.15) is 0 Å². The zero-order valence-corrected chi connectivity index (χ0v) is 14.5. The van der Waals surface area contributed by atoms with Gasteiger partial charge < -0.3 is 14.5 Å². The minimum atomic E-state index is -4.44. The molecule has 0 unspecified atom stereocenters. The van der Waals surface area contributed by atoms with Crippen LogP contribution in [0.15, 0.2) is 28.2 Å².